The van der Waals surface area contributed by atoms with Gasteiger partial charge >= 0.3 is 0 Å². The maximum Gasteiger partial charge on any atom is 0.291 e. The lowest BCUT2D eigenvalue weighted by atomic mass is 9.82. The second-order valence-electron chi connectivity index (χ2n) is 9.49. The number of alkyl halides is 2. The summed E-state index contributed by atoms with van der Waals surface area (Å²) in [5, 5.41) is 7.20. The Labute approximate surface area is 224 Å². The maximum atomic E-state index is 14.9. The van der Waals surface area contributed by atoms with Gasteiger partial charge in [0.25, 0.3) is 22.0 Å². The average Bonchev–Trinajstić information content (AvgIpc) is 3.22. The zero-order valence-electron chi connectivity index (χ0n) is 20.6. The van der Waals surface area contributed by atoms with Crippen molar-refractivity contribution >= 4 is 45.0 Å². The van der Waals surface area contributed by atoms with Gasteiger partial charge in [0.2, 0.25) is 5.60 Å². The highest BCUT2D eigenvalue weighted by Gasteiger charge is 2.58. The van der Waals surface area contributed by atoms with E-state index in [0.717, 1.165) is 11.2 Å². The van der Waals surface area contributed by atoms with Gasteiger partial charge in [0.1, 0.15) is 0 Å². The highest BCUT2D eigenvalue weighted by atomic mass is 35.5. The third kappa shape index (κ3) is 5.20. The van der Waals surface area contributed by atoms with E-state index >= 15 is 0 Å². The summed E-state index contributed by atoms with van der Waals surface area (Å²) in [5.41, 5.74) is -0.192. The van der Waals surface area contributed by atoms with Gasteiger partial charge < -0.3 is 10.2 Å². The molecule has 0 aromatic heterocycles. The number of nitrogens with zero attached hydrogens (tertiary/aromatic N) is 3. The Hall–Kier alpha value is -2.31. The van der Waals surface area contributed by atoms with E-state index in [1.165, 1.54) is 36.6 Å². The number of halogens is 4. The number of hydrogen-bond donors (Lipinski definition) is 1. The van der Waals surface area contributed by atoms with Gasteiger partial charge in [0.15, 0.2) is 0 Å². The van der Waals surface area contributed by atoms with Crippen LogP contribution in [0.1, 0.15) is 40.4 Å². The summed E-state index contributed by atoms with van der Waals surface area (Å²) in [4.78, 5) is 18.2. The monoisotopic (exact) mass is 574 g/mol. The van der Waals surface area contributed by atoms with Crippen molar-refractivity contribution in [2.24, 2.45) is 5.16 Å². The van der Waals surface area contributed by atoms with Crippen LogP contribution in [0.15, 0.2) is 41.6 Å². The molecule has 0 bridgehead atoms. The van der Waals surface area contributed by atoms with Crippen LogP contribution in [0.4, 0.5) is 8.78 Å². The molecule has 0 radical (unpaired) electrons. The molecule has 1 unspecified atom stereocenters. The first-order valence-electron chi connectivity index (χ1n) is 11.3. The Morgan fingerprint density at radius 1 is 1.19 bits per heavy atom. The van der Waals surface area contributed by atoms with E-state index in [-0.39, 0.29) is 52.8 Å². The second kappa shape index (κ2) is 9.77. The number of benzene rings is 2. The zero-order chi connectivity index (χ0) is 27.3. The molecule has 1 fully saturated rings. The SMILES string of the molecule is Cc1cc(C2=NOC(c3cc(Cl)cc(Cl)c3)(C(C)(F)F)C2)ccc1C(=O)NC1CN(S(=O)(=O)N(C)C)C1. The summed E-state index contributed by atoms with van der Waals surface area (Å²) in [6, 6.07) is 8.76. The fourth-order valence-electron chi connectivity index (χ4n) is 4.33. The molecule has 0 spiro atoms. The molecule has 37 heavy (non-hydrogen) atoms. The largest absolute Gasteiger partial charge is 0.377 e. The van der Waals surface area contributed by atoms with Crippen LogP contribution in [0.25, 0.3) is 0 Å². The molecule has 8 nitrogen and oxygen atoms in total. The third-order valence-corrected chi connectivity index (χ3v) is 8.85. The Morgan fingerprint density at radius 2 is 1.81 bits per heavy atom. The van der Waals surface area contributed by atoms with Crippen molar-refractivity contribution < 1.29 is 26.8 Å². The molecular formula is C24H26Cl2F2N4O4S. The zero-order valence-corrected chi connectivity index (χ0v) is 22.9. The molecule has 200 valence electrons. The van der Waals surface area contributed by atoms with Gasteiger partial charge in [-0.1, -0.05) is 34.4 Å². The van der Waals surface area contributed by atoms with Gasteiger partial charge in [-0.05, 0) is 48.4 Å². The first-order chi connectivity index (χ1) is 17.1. The van der Waals surface area contributed by atoms with E-state index in [4.69, 9.17) is 28.0 Å². The van der Waals surface area contributed by atoms with Crippen LogP contribution in [-0.2, 0) is 20.6 Å². The summed E-state index contributed by atoms with van der Waals surface area (Å²) in [7, 11) is -0.627. The summed E-state index contributed by atoms with van der Waals surface area (Å²) >= 11 is 12.1. The number of nitrogens with one attached hydrogen (secondary N) is 1. The molecule has 0 saturated carbocycles. The predicted octanol–water partition coefficient (Wildman–Crippen LogP) is 4.20. The first kappa shape index (κ1) is 27.7. The van der Waals surface area contributed by atoms with Gasteiger partial charge in [-0.15, -0.1) is 0 Å². The summed E-state index contributed by atoms with van der Waals surface area (Å²) in [6.07, 6.45) is -0.240. The topological polar surface area (TPSA) is 91.3 Å². The van der Waals surface area contributed by atoms with Crippen molar-refractivity contribution in [3.05, 3.63) is 68.7 Å². The first-order valence-corrected chi connectivity index (χ1v) is 13.5. The minimum absolute atomic E-state index is 0.106. The fourth-order valence-corrected chi connectivity index (χ4v) is 6.05. The predicted molar refractivity (Wildman–Crippen MR) is 138 cm³/mol. The van der Waals surface area contributed by atoms with Crippen LogP contribution in [0.2, 0.25) is 10.0 Å². The number of rotatable bonds is 7. The third-order valence-electron chi connectivity index (χ3n) is 6.54. The normalized spacial score (nSPS) is 20.9. The lowest BCUT2D eigenvalue weighted by Crippen LogP contribution is -2.62. The minimum Gasteiger partial charge on any atom is -0.377 e. The molecular weight excluding hydrogens is 549 g/mol. The Kier molecular flexibility index (Phi) is 7.32. The van der Waals surface area contributed by atoms with Crippen molar-refractivity contribution in [3.8, 4) is 0 Å². The lowest BCUT2D eigenvalue weighted by Gasteiger charge is -2.39. The standard InChI is InChI=1S/C24H26Cl2F2N4O4S/c1-14-7-15(5-6-20(14)22(33)29-19-12-32(13-19)37(34,35)31(3)4)21-11-24(36-30-21,23(2,27)28)16-8-17(25)10-18(26)9-16/h5-10,19H,11-13H2,1-4H3,(H,29,33). The van der Waals surface area contributed by atoms with Crippen molar-refractivity contribution in [2.75, 3.05) is 27.2 Å². The van der Waals surface area contributed by atoms with E-state index in [0.29, 0.717) is 16.7 Å². The molecule has 2 heterocycles. The van der Waals surface area contributed by atoms with Gasteiger partial charge in [-0.2, -0.15) is 17.0 Å². The van der Waals surface area contributed by atoms with E-state index < -0.39 is 21.7 Å². The van der Waals surface area contributed by atoms with E-state index in [1.807, 2.05) is 0 Å². The van der Waals surface area contributed by atoms with E-state index in [9.17, 15) is 22.0 Å². The second-order valence-corrected chi connectivity index (χ2v) is 12.5. The lowest BCUT2D eigenvalue weighted by molar-refractivity contribution is -0.193. The van der Waals surface area contributed by atoms with Crippen molar-refractivity contribution in [1.82, 2.24) is 13.9 Å². The molecule has 1 amide bonds. The van der Waals surface area contributed by atoms with Gasteiger partial charge in [0, 0.05) is 61.7 Å². The highest BCUT2D eigenvalue weighted by Crippen LogP contribution is 2.48. The Balaban J connectivity index is 1.49. The average molecular weight is 575 g/mol. The van der Waals surface area contributed by atoms with E-state index in [2.05, 4.69) is 10.5 Å². The number of carbonyl (C=O) groups is 1. The quantitative estimate of drug-likeness (QED) is 0.536. The molecule has 2 aromatic carbocycles. The van der Waals surface area contributed by atoms with Crippen LogP contribution in [0.3, 0.4) is 0 Å². The fraction of sp³-hybridized carbons (Fsp3) is 0.417. The summed E-state index contributed by atoms with van der Waals surface area (Å²) in [5.74, 6) is -3.68. The van der Waals surface area contributed by atoms with Crippen molar-refractivity contribution in [2.45, 2.75) is 37.8 Å². The van der Waals surface area contributed by atoms with Crippen LogP contribution in [-0.4, -0.2) is 67.8 Å². The van der Waals surface area contributed by atoms with E-state index in [1.54, 1.807) is 25.1 Å². The molecule has 0 aliphatic carbocycles. The summed E-state index contributed by atoms with van der Waals surface area (Å²) < 4.78 is 56.4. The van der Waals surface area contributed by atoms with Crippen LogP contribution in [0.5, 0.6) is 0 Å². The van der Waals surface area contributed by atoms with Crippen molar-refractivity contribution in [1.29, 1.82) is 0 Å². The Bertz CT molecular complexity index is 1360. The smallest absolute Gasteiger partial charge is 0.291 e. The maximum absolute atomic E-state index is 14.9. The van der Waals surface area contributed by atoms with Crippen LogP contribution in [0, 0.1) is 6.92 Å². The van der Waals surface area contributed by atoms with Crippen molar-refractivity contribution in [3.63, 3.8) is 0 Å². The molecule has 4 rings (SSSR count). The molecule has 2 aliphatic heterocycles. The Morgan fingerprint density at radius 3 is 2.35 bits per heavy atom. The molecule has 13 heteroatoms. The molecule has 1 saturated heterocycles. The molecule has 1 atom stereocenters. The van der Waals surface area contributed by atoms with Crippen LogP contribution >= 0.6 is 23.2 Å². The molecule has 2 aliphatic rings. The van der Waals surface area contributed by atoms with Gasteiger partial charge in [0.05, 0.1) is 11.8 Å². The number of carbonyl (C=O) groups excluding carboxylic acids is 1. The van der Waals surface area contributed by atoms with Gasteiger partial charge in [-0.3, -0.25) is 4.79 Å². The number of oxime groups is 1. The number of aryl methyl sites for hydroxylation is 1. The minimum atomic E-state index is -3.52. The highest BCUT2D eigenvalue weighted by molar-refractivity contribution is 7.86. The summed E-state index contributed by atoms with van der Waals surface area (Å²) in [6.45, 7) is 2.83. The molecule has 1 N–H and O–H groups in total. The van der Waals surface area contributed by atoms with Crippen LogP contribution < -0.4 is 5.32 Å². The number of hydrogen-bond acceptors (Lipinski definition) is 5. The number of amides is 1. The van der Waals surface area contributed by atoms with Gasteiger partial charge in [-0.25, -0.2) is 8.78 Å². The molecule has 2 aromatic rings.